The lowest BCUT2D eigenvalue weighted by Gasteiger charge is -2.33. The maximum atomic E-state index is 14.1. The van der Waals surface area contributed by atoms with Gasteiger partial charge < -0.3 is 5.11 Å². The Bertz CT molecular complexity index is 1110. The molecule has 5 nitrogen and oxygen atoms in total. The number of aliphatic hydroxyl groups excluding tert-OH is 1. The summed E-state index contributed by atoms with van der Waals surface area (Å²) in [5.41, 5.74) is -1.02. The van der Waals surface area contributed by atoms with E-state index in [1.54, 1.807) is 12.1 Å². The van der Waals surface area contributed by atoms with Gasteiger partial charge in [-0.3, -0.25) is 9.29 Å². The van der Waals surface area contributed by atoms with E-state index in [9.17, 15) is 26.7 Å². The van der Waals surface area contributed by atoms with Crippen LogP contribution < -0.4 is 4.31 Å². The van der Waals surface area contributed by atoms with Crippen molar-refractivity contribution < 1.29 is 26.7 Å². The Morgan fingerprint density at radius 3 is 2.41 bits per heavy atom. The molecule has 2 heterocycles. The molecule has 3 rings (SSSR count). The molecule has 0 saturated carbocycles. The van der Waals surface area contributed by atoms with Crippen molar-refractivity contribution in [3.63, 3.8) is 0 Å². The average molecular weight is 445 g/mol. The topological polar surface area (TPSA) is 70.5 Å². The van der Waals surface area contributed by atoms with E-state index in [-0.39, 0.29) is 21.9 Å². The largest absolute Gasteiger partial charge is 0.505 e. The predicted octanol–water partition coefficient (Wildman–Crippen LogP) is 4.86. The van der Waals surface area contributed by atoms with Crippen molar-refractivity contribution in [2.75, 3.05) is 17.6 Å². The van der Waals surface area contributed by atoms with Crippen molar-refractivity contribution in [2.45, 2.75) is 24.8 Å². The molecule has 0 saturated heterocycles. The van der Waals surface area contributed by atoms with Crippen LogP contribution in [0.2, 0.25) is 0 Å². The van der Waals surface area contributed by atoms with Crippen LogP contribution in [0, 0.1) is 0 Å². The Morgan fingerprint density at radius 1 is 1.17 bits per heavy atom. The lowest BCUT2D eigenvalue weighted by Crippen LogP contribution is -2.28. The zero-order valence-corrected chi connectivity index (χ0v) is 17.7. The SMILES string of the molecule is CN(c1cccc(C2=C(O)c3ncccc3C(C)(C)S2)c1C(F)(F)F)S(C)(=O)=O. The molecule has 1 N–H and O–H groups in total. The summed E-state index contributed by atoms with van der Waals surface area (Å²) in [6.45, 7) is 3.65. The minimum absolute atomic E-state index is 0.00252. The number of pyridine rings is 1. The van der Waals surface area contributed by atoms with Gasteiger partial charge in [0.05, 0.1) is 22.4 Å². The first-order chi connectivity index (χ1) is 13.2. The number of anilines is 1. The summed E-state index contributed by atoms with van der Waals surface area (Å²) in [6, 6.07) is 7.12. The molecule has 0 aliphatic carbocycles. The normalized spacial score (nSPS) is 16.5. The van der Waals surface area contributed by atoms with E-state index in [4.69, 9.17) is 0 Å². The molecule has 1 aromatic carbocycles. The Labute approximate surface area is 171 Å². The van der Waals surface area contributed by atoms with Gasteiger partial charge in [0.2, 0.25) is 10.0 Å². The van der Waals surface area contributed by atoms with Gasteiger partial charge in [0, 0.05) is 23.6 Å². The molecular formula is C19H19F3N2O3S2. The van der Waals surface area contributed by atoms with E-state index in [1.807, 2.05) is 13.8 Å². The zero-order valence-electron chi connectivity index (χ0n) is 16.1. The van der Waals surface area contributed by atoms with Gasteiger partial charge >= 0.3 is 6.18 Å². The van der Waals surface area contributed by atoms with Gasteiger partial charge in [-0.15, -0.1) is 11.8 Å². The number of thioether (sulfide) groups is 1. The number of sulfonamides is 1. The van der Waals surface area contributed by atoms with Gasteiger partial charge in [-0.2, -0.15) is 13.2 Å². The van der Waals surface area contributed by atoms with E-state index < -0.39 is 32.2 Å². The number of fused-ring (bicyclic) bond motifs is 1. The van der Waals surface area contributed by atoms with E-state index >= 15 is 0 Å². The third kappa shape index (κ3) is 3.83. The van der Waals surface area contributed by atoms with Crippen LogP contribution >= 0.6 is 11.8 Å². The molecular weight excluding hydrogens is 425 g/mol. The van der Waals surface area contributed by atoms with Crippen molar-refractivity contribution in [3.8, 4) is 0 Å². The highest BCUT2D eigenvalue weighted by molar-refractivity contribution is 8.09. The molecule has 0 fully saturated rings. The van der Waals surface area contributed by atoms with E-state index in [1.165, 1.54) is 18.3 Å². The quantitative estimate of drug-likeness (QED) is 0.732. The van der Waals surface area contributed by atoms with Crippen LogP contribution in [0.25, 0.3) is 10.7 Å². The van der Waals surface area contributed by atoms with E-state index in [0.717, 1.165) is 31.1 Å². The number of alkyl halides is 3. The number of hydrogen-bond donors (Lipinski definition) is 1. The highest BCUT2D eigenvalue weighted by Crippen LogP contribution is 2.55. The zero-order chi connectivity index (χ0) is 21.8. The molecule has 156 valence electrons. The van der Waals surface area contributed by atoms with Gasteiger partial charge in [0.1, 0.15) is 5.69 Å². The van der Waals surface area contributed by atoms with Crippen molar-refractivity contribution in [3.05, 3.63) is 58.9 Å². The first-order valence-corrected chi connectivity index (χ1v) is 11.1. The van der Waals surface area contributed by atoms with Gasteiger partial charge in [0.25, 0.3) is 0 Å². The number of rotatable bonds is 3. The highest BCUT2D eigenvalue weighted by atomic mass is 32.2. The monoisotopic (exact) mass is 444 g/mol. The number of halogens is 3. The van der Waals surface area contributed by atoms with Crippen LogP contribution in [0.15, 0.2) is 36.5 Å². The van der Waals surface area contributed by atoms with Gasteiger partial charge in [-0.1, -0.05) is 18.2 Å². The van der Waals surface area contributed by atoms with Crippen molar-refractivity contribution in [1.29, 1.82) is 0 Å². The minimum Gasteiger partial charge on any atom is -0.505 e. The summed E-state index contributed by atoms with van der Waals surface area (Å²) < 4.78 is 66.0. The standard InChI is InChI=1S/C19H19F3N2O3S2/c1-18(2)12-8-6-10-23-15(12)16(25)17(28-18)11-7-5-9-13(14(11)19(20,21)22)24(3)29(4,26)27/h5-10,25H,1-4H3. The van der Waals surface area contributed by atoms with Crippen LogP contribution in [-0.2, 0) is 20.9 Å². The highest BCUT2D eigenvalue weighted by Gasteiger charge is 2.42. The van der Waals surface area contributed by atoms with Crippen LogP contribution in [-0.4, -0.2) is 31.8 Å². The average Bonchev–Trinajstić information content (AvgIpc) is 2.62. The summed E-state index contributed by atoms with van der Waals surface area (Å²) >= 11 is 1.07. The van der Waals surface area contributed by atoms with Crippen molar-refractivity contribution in [2.24, 2.45) is 0 Å². The summed E-state index contributed by atoms with van der Waals surface area (Å²) in [6.07, 6.45) is -2.57. The lowest BCUT2D eigenvalue weighted by atomic mass is 9.96. The molecule has 10 heteroatoms. The fourth-order valence-corrected chi connectivity index (χ4v) is 4.96. The second kappa shape index (κ2) is 6.94. The first kappa shape index (κ1) is 21.5. The Kier molecular flexibility index (Phi) is 5.15. The number of aliphatic hydroxyl groups is 1. The number of aromatic nitrogens is 1. The smallest absolute Gasteiger partial charge is 0.419 e. The van der Waals surface area contributed by atoms with Gasteiger partial charge in [-0.25, -0.2) is 8.42 Å². The fraction of sp³-hybridized carbons (Fsp3) is 0.316. The summed E-state index contributed by atoms with van der Waals surface area (Å²) in [5, 5.41) is 10.8. The third-order valence-corrected chi connectivity index (χ3v) is 7.20. The van der Waals surface area contributed by atoms with Crippen LogP contribution in [0.1, 0.15) is 36.2 Å². The Morgan fingerprint density at radius 2 is 1.83 bits per heavy atom. The molecule has 0 unspecified atom stereocenters. The molecule has 0 atom stereocenters. The number of hydrogen-bond acceptors (Lipinski definition) is 5. The second-order valence-corrected chi connectivity index (χ2v) is 10.8. The lowest BCUT2D eigenvalue weighted by molar-refractivity contribution is -0.137. The first-order valence-electron chi connectivity index (χ1n) is 8.47. The Hall–Kier alpha value is -2.20. The molecule has 0 radical (unpaired) electrons. The third-order valence-electron chi connectivity index (χ3n) is 4.66. The second-order valence-electron chi connectivity index (χ2n) is 7.12. The fourth-order valence-electron chi connectivity index (χ4n) is 3.20. The molecule has 0 spiro atoms. The van der Waals surface area contributed by atoms with Crippen LogP contribution in [0.4, 0.5) is 18.9 Å². The molecule has 1 aromatic heterocycles. The molecule has 1 aliphatic rings. The predicted molar refractivity (Wildman–Crippen MR) is 109 cm³/mol. The maximum absolute atomic E-state index is 14.1. The number of benzene rings is 1. The molecule has 2 aromatic rings. The summed E-state index contributed by atoms with van der Waals surface area (Å²) in [7, 11) is -2.87. The van der Waals surface area contributed by atoms with Gasteiger partial charge in [0.15, 0.2) is 5.76 Å². The van der Waals surface area contributed by atoms with Crippen molar-refractivity contribution >= 4 is 38.1 Å². The van der Waals surface area contributed by atoms with E-state index in [0.29, 0.717) is 9.87 Å². The summed E-state index contributed by atoms with van der Waals surface area (Å²) in [4.78, 5) is 4.15. The molecule has 0 amide bonds. The van der Waals surface area contributed by atoms with Crippen LogP contribution in [0.3, 0.4) is 0 Å². The molecule has 0 bridgehead atoms. The number of nitrogens with zero attached hydrogens (tertiary/aromatic N) is 2. The minimum atomic E-state index is -4.85. The van der Waals surface area contributed by atoms with Gasteiger partial charge in [-0.05, 0) is 31.5 Å². The summed E-state index contributed by atoms with van der Waals surface area (Å²) in [5.74, 6) is -0.366. The van der Waals surface area contributed by atoms with E-state index in [2.05, 4.69) is 4.98 Å². The Balaban J connectivity index is 2.36. The maximum Gasteiger partial charge on any atom is 0.419 e. The molecule has 29 heavy (non-hydrogen) atoms. The molecule has 1 aliphatic heterocycles. The van der Waals surface area contributed by atoms with Crippen LogP contribution in [0.5, 0.6) is 0 Å². The van der Waals surface area contributed by atoms with Crippen molar-refractivity contribution in [1.82, 2.24) is 4.98 Å².